The van der Waals surface area contributed by atoms with Gasteiger partial charge in [-0.3, -0.25) is 4.98 Å². The fourth-order valence-electron chi connectivity index (χ4n) is 4.69. The summed E-state index contributed by atoms with van der Waals surface area (Å²) in [4.78, 5) is 19.7. The van der Waals surface area contributed by atoms with Gasteiger partial charge in [0.1, 0.15) is 0 Å². The quantitative estimate of drug-likeness (QED) is 0.554. The van der Waals surface area contributed by atoms with E-state index >= 15 is 0 Å². The Kier molecular flexibility index (Phi) is 7.52. The first kappa shape index (κ1) is 25.2. The molecule has 1 aromatic heterocycles. The molecule has 0 radical (unpaired) electrons. The Labute approximate surface area is 199 Å². The van der Waals surface area contributed by atoms with Gasteiger partial charge in [0.25, 0.3) is 0 Å². The molecule has 1 N–H and O–H groups in total. The molecule has 1 fully saturated rings. The van der Waals surface area contributed by atoms with Crippen molar-refractivity contribution < 1.29 is 14.6 Å². The molecular weight excluding hydrogens is 412 g/mol. The van der Waals surface area contributed by atoms with Crippen LogP contribution < -0.4 is 4.90 Å². The van der Waals surface area contributed by atoms with E-state index in [0.717, 1.165) is 61.4 Å². The van der Waals surface area contributed by atoms with Gasteiger partial charge in [0, 0.05) is 30.0 Å². The lowest BCUT2D eigenvalue weighted by Crippen LogP contribution is -2.39. The molecule has 1 aliphatic heterocycles. The van der Waals surface area contributed by atoms with E-state index in [-0.39, 0.29) is 0 Å². The molecule has 0 amide bonds. The second kappa shape index (κ2) is 9.84. The summed E-state index contributed by atoms with van der Waals surface area (Å²) in [6.07, 6.45) is 2.79. The van der Waals surface area contributed by atoms with E-state index in [9.17, 15) is 9.90 Å². The molecule has 0 unspecified atom stereocenters. The van der Waals surface area contributed by atoms with E-state index in [1.807, 2.05) is 33.8 Å². The predicted molar refractivity (Wildman–Crippen MR) is 134 cm³/mol. The highest BCUT2D eigenvalue weighted by Gasteiger charge is 2.36. The molecule has 2 aromatic rings. The van der Waals surface area contributed by atoms with Crippen molar-refractivity contribution in [2.24, 2.45) is 5.41 Å². The third-order valence-corrected chi connectivity index (χ3v) is 6.60. The van der Waals surface area contributed by atoms with Crippen molar-refractivity contribution in [2.75, 3.05) is 18.0 Å². The van der Waals surface area contributed by atoms with E-state index in [1.165, 1.54) is 5.56 Å². The molecule has 33 heavy (non-hydrogen) atoms. The highest BCUT2D eigenvalue weighted by molar-refractivity contribution is 5.79. The number of pyridine rings is 1. The lowest BCUT2D eigenvalue weighted by Gasteiger charge is -2.41. The van der Waals surface area contributed by atoms with Gasteiger partial charge in [0.2, 0.25) is 0 Å². The molecular formula is C28H40N2O3. The molecule has 2 heterocycles. The summed E-state index contributed by atoms with van der Waals surface area (Å²) in [5, 5.41) is 10.2. The zero-order valence-corrected chi connectivity index (χ0v) is 21.4. The third-order valence-electron chi connectivity index (χ3n) is 6.60. The zero-order valence-electron chi connectivity index (χ0n) is 21.4. The van der Waals surface area contributed by atoms with Gasteiger partial charge in [-0.05, 0) is 76.8 Å². The van der Waals surface area contributed by atoms with E-state index in [4.69, 9.17) is 9.72 Å². The van der Waals surface area contributed by atoms with Crippen molar-refractivity contribution >= 4 is 11.7 Å². The first-order chi connectivity index (χ1) is 15.4. The minimum atomic E-state index is -1.06. The maximum atomic E-state index is 12.5. The smallest absolute Gasteiger partial charge is 0.337 e. The summed E-state index contributed by atoms with van der Waals surface area (Å²) >= 11 is 0. The van der Waals surface area contributed by atoms with Gasteiger partial charge < -0.3 is 14.7 Å². The number of carboxylic acid groups (broad SMARTS) is 1. The molecule has 1 aliphatic rings. The monoisotopic (exact) mass is 452 g/mol. The number of anilines is 1. The number of aryl methyl sites for hydroxylation is 3. The van der Waals surface area contributed by atoms with Gasteiger partial charge in [0.05, 0.1) is 11.3 Å². The molecule has 1 saturated heterocycles. The highest BCUT2D eigenvalue weighted by Crippen LogP contribution is 2.41. The predicted octanol–water partition coefficient (Wildman–Crippen LogP) is 6.05. The number of piperidine rings is 1. The number of nitrogens with zero attached hydrogens (tertiary/aromatic N) is 2. The lowest BCUT2D eigenvalue weighted by molar-refractivity contribution is -0.160. The number of aliphatic carboxylic acids is 1. The van der Waals surface area contributed by atoms with Crippen LogP contribution in [0.25, 0.3) is 0 Å². The van der Waals surface area contributed by atoms with E-state index < -0.39 is 17.7 Å². The molecule has 0 saturated carbocycles. The largest absolute Gasteiger partial charge is 0.479 e. The first-order valence-electron chi connectivity index (χ1n) is 12.1. The second-order valence-electron chi connectivity index (χ2n) is 11.1. The SMILES string of the molecule is Cc1nc(C)c([C@H](OC(C)(C)C)C(=O)O)c(N2CCC(C)(C)CC2)c1CCc1ccccc1. The van der Waals surface area contributed by atoms with Crippen molar-refractivity contribution in [1.82, 2.24) is 4.98 Å². The maximum absolute atomic E-state index is 12.5. The first-order valence-corrected chi connectivity index (χ1v) is 12.1. The molecule has 3 rings (SSSR count). The minimum absolute atomic E-state index is 0.298. The number of benzene rings is 1. The van der Waals surface area contributed by atoms with Crippen LogP contribution in [0.2, 0.25) is 0 Å². The molecule has 5 heteroatoms. The fourth-order valence-corrected chi connectivity index (χ4v) is 4.69. The summed E-state index contributed by atoms with van der Waals surface area (Å²) in [5.41, 5.74) is 5.58. The summed E-state index contributed by atoms with van der Waals surface area (Å²) < 4.78 is 6.13. The maximum Gasteiger partial charge on any atom is 0.337 e. The topological polar surface area (TPSA) is 62.7 Å². The van der Waals surface area contributed by atoms with Crippen molar-refractivity contribution in [3.8, 4) is 0 Å². The molecule has 1 aromatic carbocycles. The lowest BCUT2D eigenvalue weighted by atomic mass is 9.82. The summed E-state index contributed by atoms with van der Waals surface area (Å²) in [5.74, 6) is -0.966. The Balaban J connectivity index is 2.13. The fraction of sp³-hybridized carbons (Fsp3) is 0.571. The number of carboxylic acids is 1. The van der Waals surface area contributed by atoms with Crippen LogP contribution in [0, 0.1) is 19.3 Å². The number of aromatic nitrogens is 1. The number of hydrogen-bond acceptors (Lipinski definition) is 4. The number of carbonyl (C=O) groups is 1. The second-order valence-corrected chi connectivity index (χ2v) is 11.1. The Morgan fingerprint density at radius 3 is 2.24 bits per heavy atom. The Morgan fingerprint density at radius 2 is 1.70 bits per heavy atom. The molecule has 0 spiro atoms. The molecule has 180 valence electrons. The average Bonchev–Trinajstić information content (AvgIpc) is 2.71. The third kappa shape index (κ3) is 6.35. The normalized spacial score (nSPS) is 17.1. The van der Waals surface area contributed by atoms with E-state index in [0.29, 0.717) is 11.0 Å². The van der Waals surface area contributed by atoms with Gasteiger partial charge >= 0.3 is 5.97 Å². The Morgan fingerprint density at radius 1 is 1.09 bits per heavy atom. The number of rotatable bonds is 7. The van der Waals surface area contributed by atoms with Crippen molar-refractivity contribution in [2.45, 2.75) is 85.9 Å². The minimum Gasteiger partial charge on any atom is -0.479 e. The van der Waals surface area contributed by atoms with Crippen molar-refractivity contribution in [3.05, 3.63) is 58.4 Å². The van der Waals surface area contributed by atoms with Gasteiger partial charge in [-0.2, -0.15) is 0 Å². The van der Waals surface area contributed by atoms with Gasteiger partial charge in [-0.25, -0.2) is 4.79 Å². The standard InChI is InChI=1S/C28H40N2O3/c1-19-22(14-13-21-11-9-8-10-12-21)24(30-17-15-28(6,7)16-18-30)23(20(2)29-19)25(26(31)32)33-27(3,4)5/h8-12,25H,13-18H2,1-7H3,(H,31,32)/t25-/m0/s1. The van der Waals surface area contributed by atoms with Crippen molar-refractivity contribution in [3.63, 3.8) is 0 Å². The van der Waals surface area contributed by atoms with Crippen LogP contribution in [0.15, 0.2) is 30.3 Å². The van der Waals surface area contributed by atoms with Crippen LogP contribution in [0.4, 0.5) is 5.69 Å². The number of ether oxygens (including phenoxy) is 1. The molecule has 0 bridgehead atoms. The summed E-state index contributed by atoms with van der Waals surface area (Å²) in [6.45, 7) is 16.1. The summed E-state index contributed by atoms with van der Waals surface area (Å²) in [6, 6.07) is 10.4. The molecule has 0 aliphatic carbocycles. The molecule has 1 atom stereocenters. The Bertz CT molecular complexity index is 967. The Hall–Kier alpha value is -2.40. The van der Waals surface area contributed by atoms with Crippen LogP contribution in [0.1, 0.15) is 81.6 Å². The zero-order chi connectivity index (χ0) is 24.4. The van der Waals surface area contributed by atoms with E-state index in [2.05, 4.69) is 49.9 Å². The van der Waals surface area contributed by atoms with Crippen LogP contribution in [-0.2, 0) is 22.4 Å². The van der Waals surface area contributed by atoms with Gasteiger partial charge in [-0.15, -0.1) is 0 Å². The van der Waals surface area contributed by atoms with Crippen LogP contribution in [0.5, 0.6) is 0 Å². The van der Waals surface area contributed by atoms with E-state index in [1.54, 1.807) is 0 Å². The average molecular weight is 453 g/mol. The number of hydrogen-bond donors (Lipinski definition) is 1. The van der Waals surface area contributed by atoms with Gasteiger partial charge in [-0.1, -0.05) is 44.2 Å². The summed E-state index contributed by atoms with van der Waals surface area (Å²) in [7, 11) is 0. The van der Waals surface area contributed by atoms with Crippen LogP contribution >= 0.6 is 0 Å². The highest BCUT2D eigenvalue weighted by atomic mass is 16.5. The van der Waals surface area contributed by atoms with Crippen LogP contribution in [-0.4, -0.2) is 34.8 Å². The van der Waals surface area contributed by atoms with Crippen LogP contribution in [0.3, 0.4) is 0 Å². The van der Waals surface area contributed by atoms with Crippen molar-refractivity contribution in [1.29, 1.82) is 0 Å². The van der Waals surface area contributed by atoms with Gasteiger partial charge in [0.15, 0.2) is 6.10 Å². The molecule has 5 nitrogen and oxygen atoms in total.